The molecule has 540 valence electrons. The number of aromatic nitrogens is 2. The molecule has 6 heterocycles. The maximum Gasteiger partial charge on any atom is 2.00 e. The van der Waals surface area contributed by atoms with Crippen molar-refractivity contribution in [2.45, 2.75) is 231 Å². The smallest absolute Gasteiger partial charge is 0.510 e. The van der Waals surface area contributed by atoms with Gasteiger partial charge in [0, 0.05) is 29.4 Å². The standard InChI is InChI=1S/C23H31N3O7.C23H29N3O7.C6H11Cl.C6H12.2C5H10.4CH3.2Ru/c2*1-5-6-12-7-14-20(29)25-17-13(21(30)26(14)9-12)8-15(11(2)18(17)27)33-22-19(28)23(3,31)16(24-4)10-32-22;7-5-6-3-1-2-4-6;1-6-4-2-3-5-6;2*1-2-4-5-3-1;;;;;;/h5-9,13,16-17,19-20,22,24-25,27-29,31H,10H2,1-4H3;5-9,16,19-20,22,24-25,27-29,31H,10H2,1-4H3;6H,1-5H2;6H,2-5H2,1H3;2*1-5H2;4*1H3;;/q;;;;;;4*-1;2*+2/b2*6-5+;;;;;;;;;;/i;;;;;;;;;;2*1-2. The average Bonchev–Trinajstić information content (AvgIpc) is 1.75. The molecule has 9 aliphatic rings. The largest absolute Gasteiger partial charge is 2.00 e. The van der Waals surface area contributed by atoms with Gasteiger partial charge in [-0.05, 0) is 116 Å². The molecule has 1 aromatic carbocycles. The zero-order valence-electron chi connectivity index (χ0n) is 58.6. The van der Waals surface area contributed by atoms with Crippen molar-refractivity contribution in [2.75, 3.05) is 38.5 Å². The molecule has 0 spiro atoms. The van der Waals surface area contributed by atoms with Crippen molar-refractivity contribution in [3.8, 4) is 11.5 Å². The van der Waals surface area contributed by atoms with Gasteiger partial charge in [-0.15, -0.1) is 11.6 Å². The topological polar surface area (TPSA) is 291 Å². The first-order valence-electron chi connectivity index (χ1n) is 32.5. The summed E-state index contributed by atoms with van der Waals surface area (Å²) in [5, 5.41) is 97.3. The molecule has 4 saturated carbocycles. The van der Waals surface area contributed by atoms with Gasteiger partial charge in [-0.3, -0.25) is 24.0 Å². The van der Waals surface area contributed by atoms with E-state index in [4.69, 9.17) is 30.5 Å². The number of benzene rings is 1. The number of aromatic hydroxyl groups is 1. The second kappa shape index (κ2) is 41.7. The van der Waals surface area contributed by atoms with Gasteiger partial charge in [0.2, 0.25) is 18.5 Å². The molecule has 2 saturated heterocycles. The SMILES string of the molecule is C/C=C/c1cc2n(c1)C(=O)C1C=C(OC3OCC(NC)C(C)(O)C3O)C(C)=C(O)C1NC2O.C/C=C/c1cc2n(c1)C(=O)c1cc(OC3OCC(NC)C(C)(O)C3O)c(C)c(O)c1NC2O.C1CCCC1.C1CCCC1.CC1CCCC1.ClCC1CCCC1.[99Ru+2].[99Ru+2].[CH3-].[CH3-].[CH3-].[CH3-]. The third-order valence-corrected chi connectivity index (χ3v) is 19.3. The van der Waals surface area contributed by atoms with Crippen molar-refractivity contribution in [3.63, 3.8) is 0 Å². The summed E-state index contributed by atoms with van der Waals surface area (Å²) in [7, 11) is 3.30. The van der Waals surface area contributed by atoms with Crippen molar-refractivity contribution in [2.24, 2.45) is 17.8 Å². The fourth-order valence-electron chi connectivity index (χ4n) is 12.9. The Hall–Kier alpha value is -3.82. The van der Waals surface area contributed by atoms with Gasteiger partial charge in [0.15, 0.2) is 6.23 Å². The van der Waals surface area contributed by atoms with Crippen molar-refractivity contribution in [1.29, 1.82) is 0 Å². The number of halogens is 1. The number of fused-ring (bicyclic) bond motifs is 4. The summed E-state index contributed by atoms with van der Waals surface area (Å²) < 4.78 is 25.6. The number of hydrogen-bond donors (Lipinski definition) is 12. The van der Waals surface area contributed by atoms with Crippen molar-refractivity contribution < 1.29 is 108 Å². The molecule has 2 aromatic heterocycles. The molecule has 12 N–H and O–H groups in total. The predicted octanol–water partition coefficient (Wildman–Crippen LogP) is 11.9. The molecule has 12 rings (SSSR count). The molecule has 4 aliphatic heterocycles. The molecule has 0 bridgehead atoms. The van der Waals surface area contributed by atoms with Crippen molar-refractivity contribution in [1.82, 2.24) is 25.1 Å². The van der Waals surface area contributed by atoms with E-state index in [2.05, 4.69) is 28.2 Å². The van der Waals surface area contributed by atoms with Gasteiger partial charge < -0.3 is 105 Å². The Kier molecular flexibility index (Phi) is 39.1. The molecule has 95 heavy (non-hydrogen) atoms. The molecular weight excluding hydrogens is 1410 g/mol. The summed E-state index contributed by atoms with van der Waals surface area (Å²) in [6.07, 6.45) is 30.9. The van der Waals surface area contributed by atoms with Crippen LogP contribution in [0.2, 0.25) is 0 Å². The minimum absolute atomic E-state index is 0. The van der Waals surface area contributed by atoms with Crippen molar-refractivity contribution >= 4 is 41.3 Å². The maximum absolute atomic E-state index is 13.4. The summed E-state index contributed by atoms with van der Waals surface area (Å²) in [6, 6.07) is 2.92. The second-order valence-electron chi connectivity index (χ2n) is 25.6. The van der Waals surface area contributed by atoms with Crippen LogP contribution in [0.15, 0.2) is 65.9 Å². The summed E-state index contributed by atoms with van der Waals surface area (Å²) in [4.78, 5) is 26.7. The number of phenolic OH excluding ortho intramolecular Hbond substituents is 1. The number of likely N-dealkylation sites (N-methyl/N-ethyl adjacent to an activating group) is 2. The molecule has 12 unspecified atom stereocenters. The molecular formula is C72H115ClN6O14Ru2. The van der Waals surface area contributed by atoms with Crippen LogP contribution >= 0.6 is 11.6 Å². The van der Waals surface area contributed by atoms with E-state index in [1.165, 1.54) is 145 Å². The van der Waals surface area contributed by atoms with Crippen LogP contribution in [0.25, 0.3) is 12.2 Å². The molecule has 0 amide bonds. The van der Waals surface area contributed by atoms with Gasteiger partial charge in [0.1, 0.15) is 52.7 Å². The van der Waals surface area contributed by atoms with Crippen LogP contribution in [0.4, 0.5) is 5.69 Å². The number of ether oxygens (including phenoxy) is 4. The first kappa shape index (κ1) is 89.2. The fraction of sp³-hybridized carbons (Fsp3) is 0.611. The Morgan fingerprint density at radius 3 is 1.54 bits per heavy atom. The zero-order valence-corrected chi connectivity index (χ0v) is 62.8. The number of anilines is 1. The number of carbonyl (C=O) groups is 2. The van der Waals surface area contributed by atoms with E-state index in [1.54, 1.807) is 64.6 Å². The number of alkyl halides is 1. The fourth-order valence-corrected chi connectivity index (χ4v) is 13.2. The number of aliphatic hydroxyl groups excluding tert-OH is 5. The van der Waals surface area contributed by atoms with Crippen LogP contribution in [0, 0.1) is 54.4 Å². The van der Waals surface area contributed by atoms with Gasteiger partial charge in [-0.1, -0.05) is 134 Å². The number of carbonyl (C=O) groups excluding carboxylic acids is 2. The number of rotatable bonds is 9. The number of nitrogens with one attached hydrogen (secondary N) is 4. The van der Waals surface area contributed by atoms with Gasteiger partial charge >= 0.3 is 39.0 Å². The minimum Gasteiger partial charge on any atom is -0.510 e. The Morgan fingerprint density at radius 2 is 1.12 bits per heavy atom. The van der Waals surface area contributed by atoms with Crippen LogP contribution in [0.1, 0.15) is 213 Å². The van der Waals surface area contributed by atoms with E-state index in [-0.39, 0.29) is 128 Å². The average molecular weight is 1520 g/mol. The van der Waals surface area contributed by atoms with Crippen LogP contribution in [-0.2, 0) is 53.2 Å². The normalized spacial score (nSPS) is 28.9. The maximum atomic E-state index is 13.4. The Bertz CT molecular complexity index is 2900. The van der Waals surface area contributed by atoms with Gasteiger partial charge in [0.05, 0.1) is 59.9 Å². The summed E-state index contributed by atoms with van der Waals surface area (Å²) >= 11 is 5.61. The summed E-state index contributed by atoms with van der Waals surface area (Å²) in [5.41, 5.74) is -0.144. The van der Waals surface area contributed by atoms with E-state index >= 15 is 0 Å². The Morgan fingerprint density at radius 1 is 0.674 bits per heavy atom. The number of aliphatic hydroxyl groups is 7. The van der Waals surface area contributed by atoms with E-state index in [0.717, 1.165) is 28.8 Å². The third kappa shape index (κ3) is 22.1. The van der Waals surface area contributed by atoms with Crippen LogP contribution < -0.4 is 26.0 Å². The Labute approximate surface area is 598 Å². The van der Waals surface area contributed by atoms with Crippen LogP contribution in [-0.4, -0.2) is 149 Å². The van der Waals surface area contributed by atoms with Gasteiger partial charge in [0.25, 0.3) is 5.91 Å². The van der Waals surface area contributed by atoms with Crippen LogP contribution in [0.5, 0.6) is 11.5 Å². The molecule has 23 heteroatoms. The van der Waals surface area contributed by atoms with Gasteiger partial charge in [-0.2, -0.15) is 0 Å². The first-order valence-corrected chi connectivity index (χ1v) is 33.0. The second-order valence-corrected chi connectivity index (χ2v) is 25.9. The number of allylic oxidation sites excluding steroid dienone is 3. The number of hydrogen-bond acceptors (Lipinski definition) is 18. The van der Waals surface area contributed by atoms with Crippen molar-refractivity contribution in [3.05, 3.63) is 129 Å². The summed E-state index contributed by atoms with van der Waals surface area (Å²) in [5.74, 6) is 0.889. The molecule has 5 aliphatic carbocycles. The van der Waals surface area contributed by atoms with E-state index in [1.807, 2.05) is 32.1 Å². The van der Waals surface area contributed by atoms with Gasteiger partial charge in [-0.25, -0.2) is 0 Å². The van der Waals surface area contributed by atoms with E-state index in [0.29, 0.717) is 17.0 Å². The van der Waals surface area contributed by atoms with Crippen LogP contribution in [0.3, 0.4) is 0 Å². The quantitative estimate of drug-likeness (QED) is 0.0410. The molecule has 6 fully saturated rings. The van der Waals surface area contributed by atoms with E-state index < -0.39 is 78.4 Å². The molecule has 0 radical (unpaired) electrons. The zero-order chi connectivity index (χ0) is 64.7. The first-order chi connectivity index (χ1) is 42.5. The number of nitrogens with zero attached hydrogens (tertiary/aromatic N) is 2. The minimum atomic E-state index is -1.54. The van der Waals surface area contributed by atoms with E-state index in [9.17, 15) is 50.4 Å². The number of phenols is 1. The predicted molar refractivity (Wildman–Crippen MR) is 371 cm³/mol. The third-order valence-electron chi connectivity index (χ3n) is 18.9. The molecule has 3 aromatic rings. The molecule has 12 atom stereocenters. The monoisotopic (exact) mass is 1520 g/mol. The Balaban J connectivity index is 0.000000674. The summed E-state index contributed by atoms with van der Waals surface area (Å²) in [6.45, 7) is 12.3. The molecule has 20 nitrogen and oxygen atoms in total.